The van der Waals surface area contributed by atoms with E-state index in [1.807, 2.05) is 44.2 Å². The van der Waals surface area contributed by atoms with Crippen molar-refractivity contribution in [3.8, 4) is 0 Å². The van der Waals surface area contributed by atoms with Crippen LogP contribution in [0.5, 0.6) is 0 Å². The molecule has 1 aromatic heterocycles. The van der Waals surface area contributed by atoms with Crippen LogP contribution >= 0.6 is 0 Å². The van der Waals surface area contributed by atoms with Gasteiger partial charge in [-0.1, -0.05) is 22.9 Å². The summed E-state index contributed by atoms with van der Waals surface area (Å²) in [5, 5.41) is 6.99. The number of rotatable bonds is 5. The zero-order valence-corrected chi connectivity index (χ0v) is 14.3. The highest BCUT2D eigenvalue weighted by Crippen LogP contribution is 2.11. The summed E-state index contributed by atoms with van der Waals surface area (Å²) in [4.78, 5) is 16.7. The Balaban J connectivity index is 1.41. The van der Waals surface area contributed by atoms with Crippen LogP contribution in [-0.2, 0) is 11.3 Å². The molecule has 1 fully saturated rings. The molecule has 24 heavy (non-hydrogen) atoms. The Morgan fingerprint density at radius 2 is 1.79 bits per heavy atom. The fraction of sp³-hybridized carbons (Fsp3) is 0.444. The molecule has 0 bridgehead atoms. The first kappa shape index (κ1) is 16.7. The number of piperazine rings is 1. The lowest BCUT2D eigenvalue weighted by molar-refractivity contribution is -0.117. The molecular formula is C18H24N4O2. The first-order valence-electron chi connectivity index (χ1n) is 8.32. The number of nitrogens with zero attached hydrogens (tertiary/aromatic N) is 3. The van der Waals surface area contributed by atoms with E-state index in [0.29, 0.717) is 6.54 Å². The number of amides is 1. The Morgan fingerprint density at radius 3 is 2.42 bits per heavy atom. The fourth-order valence-electron chi connectivity index (χ4n) is 2.87. The first-order valence-corrected chi connectivity index (χ1v) is 8.32. The van der Waals surface area contributed by atoms with Crippen LogP contribution in [0.25, 0.3) is 0 Å². The molecule has 6 heteroatoms. The highest BCUT2D eigenvalue weighted by molar-refractivity contribution is 5.92. The molecule has 0 saturated carbocycles. The van der Waals surface area contributed by atoms with Gasteiger partial charge in [0.15, 0.2) is 0 Å². The molecule has 1 aliphatic heterocycles. The molecule has 1 N–H and O–H groups in total. The average molecular weight is 328 g/mol. The lowest BCUT2D eigenvalue weighted by atomic mass is 10.2. The number of aromatic nitrogens is 1. The minimum Gasteiger partial charge on any atom is -0.361 e. The zero-order chi connectivity index (χ0) is 16.9. The van der Waals surface area contributed by atoms with E-state index in [2.05, 4.69) is 20.3 Å². The van der Waals surface area contributed by atoms with E-state index in [0.717, 1.165) is 49.9 Å². The van der Waals surface area contributed by atoms with E-state index < -0.39 is 0 Å². The van der Waals surface area contributed by atoms with Gasteiger partial charge in [-0.3, -0.25) is 14.6 Å². The Bertz CT molecular complexity index is 673. The molecule has 128 valence electrons. The lowest BCUT2D eigenvalue weighted by Crippen LogP contribution is -2.48. The van der Waals surface area contributed by atoms with Gasteiger partial charge in [-0.2, -0.15) is 0 Å². The second kappa shape index (κ2) is 7.59. The van der Waals surface area contributed by atoms with Crippen LogP contribution in [-0.4, -0.2) is 53.6 Å². The number of hydrogen-bond acceptors (Lipinski definition) is 5. The Morgan fingerprint density at radius 1 is 1.12 bits per heavy atom. The number of carbonyl (C=O) groups excluding carboxylic acids is 1. The van der Waals surface area contributed by atoms with Crippen molar-refractivity contribution in [1.29, 1.82) is 0 Å². The number of aryl methyl sites for hydroxylation is 2. The van der Waals surface area contributed by atoms with Gasteiger partial charge < -0.3 is 9.84 Å². The molecule has 3 rings (SSSR count). The van der Waals surface area contributed by atoms with Gasteiger partial charge in [-0.25, -0.2) is 0 Å². The standard InChI is InChI=1S/C18H24N4O2/c1-14-3-5-16(6-4-14)19-18(23)13-22-9-7-21(8-10-22)12-17-11-15(2)24-20-17/h3-6,11H,7-10,12-13H2,1-2H3,(H,19,23). The maximum Gasteiger partial charge on any atom is 0.238 e. The smallest absolute Gasteiger partial charge is 0.238 e. The van der Waals surface area contributed by atoms with E-state index in [1.165, 1.54) is 5.56 Å². The molecule has 1 aliphatic rings. The second-order valence-electron chi connectivity index (χ2n) is 6.40. The van der Waals surface area contributed by atoms with Crippen LogP contribution in [0.15, 0.2) is 34.9 Å². The van der Waals surface area contributed by atoms with Crippen LogP contribution in [0.3, 0.4) is 0 Å². The zero-order valence-electron chi connectivity index (χ0n) is 14.3. The monoisotopic (exact) mass is 328 g/mol. The average Bonchev–Trinajstić information content (AvgIpc) is 2.96. The summed E-state index contributed by atoms with van der Waals surface area (Å²) in [6.45, 7) is 8.82. The van der Waals surface area contributed by atoms with Gasteiger partial charge in [0.25, 0.3) is 0 Å². The minimum absolute atomic E-state index is 0.0411. The first-order chi connectivity index (χ1) is 11.6. The van der Waals surface area contributed by atoms with Gasteiger partial charge >= 0.3 is 0 Å². The minimum atomic E-state index is 0.0411. The molecule has 0 spiro atoms. The summed E-state index contributed by atoms with van der Waals surface area (Å²) in [6, 6.07) is 9.84. The van der Waals surface area contributed by atoms with Crippen molar-refractivity contribution in [1.82, 2.24) is 15.0 Å². The van der Waals surface area contributed by atoms with E-state index in [1.54, 1.807) is 0 Å². The van der Waals surface area contributed by atoms with Gasteiger partial charge in [-0.05, 0) is 26.0 Å². The molecule has 1 aromatic carbocycles. The van der Waals surface area contributed by atoms with Crippen molar-refractivity contribution in [3.05, 3.63) is 47.3 Å². The van der Waals surface area contributed by atoms with Crippen molar-refractivity contribution < 1.29 is 9.32 Å². The molecule has 6 nitrogen and oxygen atoms in total. The van der Waals surface area contributed by atoms with Crippen molar-refractivity contribution >= 4 is 11.6 Å². The Hall–Kier alpha value is -2.18. The van der Waals surface area contributed by atoms with E-state index in [-0.39, 0.29) is 5.91 Å². The molecule has 2 aromatic rings. The predicted octanol–water partition coefficient (Wildman–Crippen LogP) is 2.05. The third kappa shape index (κ3) is 4.66. The van der Waals surface area contributed by atoms with Crippen molar-refractivity contribution in [2.75, 3.05) is 38.0 Å². The SMILES string of the molecule is Cc1ccc(NC(=O)CN2CCN(Cc3cc(C)on3)CC2)cc1. The maximum atomic E-state index is 12.2. The summed E-state index contributed by atoms with van der Waals surface area (Å²) in [5.41, 5.74) is 3.01. The van der Waals surface area contributed by atoms with Crippen molar-refractivity contribution in [2.24, 2.45) is 0 Å². The molecule has 0 unspecified atom stereocenters. The third-order valence-electron chi connectivity index (χ3n) is 4.23. The second-order valence-corrected chi connectivity index (χ2v) is 6.40. The maximum absolute atomic E-state index is 12.2. The molecular weight excluding hydrogens is 304 g/mol. The third-order valence-corrected chi connectivity index (χ3v) is 4.23. The van der Waals surface area contributed by atoms with Gasteiger partial charge in [0, 0.05) is 44.5 Å². The molecule has 1 amide bonds. The van der Waals surface area contributed by atoms with E-state index >= 15 is 0 Å². The normalized spacial score (nSPS) is 16.2. The van der Waals surface area contributed by atoms with Crippen LogP contribution in [0, 0.1) is 13.8 Å². The number of nitrogens with one attached hydrogen (secondary N) is 1. The van der Waals surface area contributed by atoms with Crippen LogP contribution in [0.2, 0.25) is 0 Å². The summed E-state index contributed by atoms with van der Waals surface area (Å²) < 4.78 is 5.10. The molecule has 0 atom stereocenters. The number of hydrogen-bond donors (Lipinski definition) is 1. The van der Waals surface area contributed by atoms with E-state index in [9.17, 15) is 4.79 Å². The quantitative estimate of drug-likeness (QED) is 0.910. The topological polar surface area (TPSA) is 61.6 Å². The van der Waals surface area contributed by atoms with Crippen molar-refractivity contribution in [3.63, 3.8) is 0 Å². The number of anilines is 1. The summed E-state index contributed by atoms with van der Waals surface area (Å²) in [6.07, 6.45) is 0. The summed E-state index contributed by atoms with van der Waals surface area (Å²) in [7, 11) is 0. The number of carbonyl (C=O) groups is 1. The van der Waals surface area contributed by atoms with Crippen molar-refractivity contribution in [2.45, 2.75) is 20.4 Å². The Labute approximate surface area is 142 Å². The highest BCUT2D eigenvalue weighted by atomic mass is 16.5. The van der Waals surface area contributed by atoms with Gasteiger partial charge in [0.2, 0.25) is 5.91 Å². The number of benzene rings is 1. The highest BCUT2D eigenvalue weighted by Gasteiger charge is 2.19. The predicted molar refractivity (Wildman–Crippen MR) is 92.8 cm³/mol. The van der Waals surface area contributed by atoms with Gasteiger partial charge in [-0.15, -0.1) is 0 Å². The molecule has 0 aliphatic carbocycles. The summed E-state index contributed by atoms with van der Waals surface area (Å²) in [5.74, 6) is 0.885. The molecule has 0 radical (unpaired) electrons. The lowest BCUT2D eigenvalue weighted by Gasteiger charge is -2.33. The van der Waals surface area contributed by atoms with Crippen LogP contribution in [0.1, 0.15) is 17.0 Å². The van der Waals surface area contributed by atoms with Gasteiger partial charge in [0.05, 0.1) is 12.2 Å². The largest absolute Gasteiger partial charge is 0.361 e. The summed E-state index contributed by atoms with van der Waals surface area (Å²) >= 11 is 0. The molecule has 1 saturated heterocycles. The molecule has 2 heterocycles. The van der Waals surface area contributed by atoms with Crippen LogP contribution < -0.4 is 5.32 Å². The van der Waals surface area contributed by atoms with E-state index in [4.69, 9.17) is 4.52 Å². The van der Waals surface area contributed by atoms with Gasteiger partial charge in [0.1, 0.15) is 5.76 Å². The fourth-order valence-corrected chi connectivity index (χ4v) is 2.87. The Kier molecular flexibility index (Phi) is 5.27. The van der Waals surface area contributed by atoms with Crippen LogP contribution in [0.4, 0.5) is 5.69 Å².